The van der Waals surface area contributed by atoms with Gasteiger partial charge in [0.25, 0.3) is 23.6 Å². The van der Waals surface area contributed by atoms with Crippen LogP contribution in [-0.2, 0) is 49.1 Å². The van der Waals surface area contributed by atoms with Crippen LogP contribution in [0.1, 0.15) is 52.9 Å². The zero-order valence-corrected chi connectivity index (χ0v) is 17.9. The molecule has 2 rings (SSSR count). The lowest BCUT2D eigenvalue weighted by atomic mass is 9.89. The number of carbonyl (C=O) groups excluding carboxylic acids is 6. The molecule has 4 amide bonds. The van der Waals surface area contributed by atoms with Gasteiger partial charge in [-0.05, 0) is 11.8 Å². The first-order valence-electron chi connectivity index (χ1n) is 9.24. The third-order valence-corrected chi connectivity index (χ3v) is 4.52. The predicted octanol–water partition coefficient (Wildman–Crippen LogP) is -0.505. The number of rotatable bonds is 7. The second kappa shape index (κ2) is 11.3. The molecular weight excluding hydrogens is 440 g/mol. The van der Waals surface area contributed by atoms with Crippen LogP contribution < -0.4 is 0 Å². The van der Waals surface area contributed by atoms with E-state index in [9.17, 15) is 28.8 Å². The fourth-order valence-electron chi connectivity index (χ4n) is 2.76. The van der Waals surface area contributed by atoms with E-state index in [1.807, 2.05) is 0 Å². The Morgan fingerprint density at radius 2 is 1.32 bits per heavy atom. The molecule has 0 spiro atoms. The lowest BCUT2D eigenvalue weighted by Gasteiger charge is -2.21. The molecule has 13 nitrogen and oxygen atoms in total. The van der Waals surface area contributed by atoms with E-state index < -0.39 is 58.0 Å². The molecule has 14 heteroatoms. The average Bonchev–Trinajstić information content (AvgIpc) is 3.07. The summed E-state index contributed by atoms with van der Waals surface area (Å²) in [5, 5.41) is 0.908. The molecule has 2 fully saturated rings. The van der Waals surface area contributed by atoms with Crippen LogP contribution in [0.15, 0.2) is 0 Å². The Kier molecular flexibility index (Phi) is 9.42. The number of carbonyl (C=O) groups is 6. The summed E-state index contributed by atoms with van der Waals surface area (Å²) in [5.41, 5.74) is 0. The van der Waals surface area contributed by atoms with E-state index in [1.54, 1.807) is 20.8 Å². The van der Waals surface area contributed by atoms with E-state index in [2.05, 4.69) is 0 Å². The van der Waals surface area contributed by atoms with Gasteiger partial charge in [-0.2, -0.15) is 0 Å². The molecule has 0 aromatic rings. The van der Waals surface area contributed by atoms with E-state index in [0.29, 0.717) is 10.1 Å². The number of hydroxylamine groups is 4. The second-order valence-corrected chi connectivity index (χ2v) is 7.66. The number of hydrogen-bond donors (Lipinski definition) is 0. The molecule has 2 aliphatic rings. The van der Waals surface area contributed by atoms with Crippen molar-refractivity contribution in [3.8, 4) is 0 Å². The van der Waals surface area contributed by atoms with Crippen LogP contribution in [0, 0.1) is 17.8 Å². The summed E-state index contributed by atoms with van der Waals surface area (Å²) in [4.78, 5) is 80.2. The fourth-order valence-corrected chi connectivity index (χ4v) is 2.76. The van der Waals surface area contributed by atoms with Gasteiger partial charge in [-0.15, -0.1) is 22.8 Å². The van der Waals surface area contributed by atoms with Gasteiger partial charge in [0.15, 0.2) is 0 Å². The van der Waals surface area contributed by atoms with Gasteiger partial charge in [-0.1, -0.05) is 20.8 Å². The van der Waals surface area contributed by atoms with Gasteiger partial charge in [-0.25, -0.2) is 9.59 Å². The number of nitrogens with zero attached hydrogens (tertiary/aromatic N) is 2. The Balaban J connectivity index is 0.00000110. The average molecular weight is 462 g/mol. The van der Waals surface area contributed by atoms with Crippen molar-refractivity contribution in [2.24, 2.45) is 17.8 Å². The van der Waals surface area contributed by atoms with Crippen LogP contribution in [-0.4, -0.2) is 58.3 Å². The highest BCUT2D eigenvalue weighted by atomic mass is 32.2. The van der Waals surface area contributed by atoms with E-state index >= 15 is 0 Å². The molecule has 172 valence electrons. The Hall–Kier alpha value is -3.16. The Labute approximate surface area is 178 Å². The summed E-state index contributed by atoms with van der Waals surface area (Å²) in [7, 11) is -3.11. The minimum Gasteiger partial charge on any atom is -0.330 e. The van der Waals surface area contributed by atoms with E-state index in [-0.39, 0.29) is 38.0 Å². The summed E-state index contributed by atoms with van der Waals surface area (Å²) in [6, 6.07) is 0. The molecule has 2 unspecified atom stereocenters. The fraction of sp³-hybridized carbons (Fsp3) is 0.647. The molecule has 2 aliphatic heterocycles. The maximum atomic E-state index is 12.1. The molecule has 0 aromatic heterocycles. The summed E-state index contributed by atoms with van der Waals surface area (Å²) in [6.07, 6.45) is -0.517. The van der Waals surface area contributed by atoms with Crippen molar-refractivity contribution >= 4 is 46.2 Å². The minimum atomic E-state index is -3.11. The van der Waals surface area contributed by atoms with Crippen LogP contribution >= 0.6 is 0 Å². The van der Waals surface area contributed by atoms with Crippen molar-refractivity contribution in [3.63, 3.8) is 0 Å². The minimum absolute atomic E-state index is 0.0115. The van der Waals surface area contributed by atoms with E-state index in [1.165, 1.54) is 0 Å². The van der Waals surface area contributed by atoms with Gasteiger partial charge in [0.1, 0.15) is 0 Å². The van der Waals surface area contributed by atoms with Crippen LogP contribution in [0.3, 0.4) is 0 Å². The van der Waals surface area contributed by atoms with Crippen molar-refractivity contribution < 1.29 is 51.1 Å². The topological polar surface area (TPSA) is 179 Å². The molecule has 31 heavy (non-hydrogen) atoms. The standard InChI is InChI=1S/C17H22N2O8.O3S/c1-9(2)11(7-15(23)26-18-12(20)4-5-13(18)21)8-16(24)27-19-14(22)6-10(3)17(19)25;1-4(2)3/h9-11H,4-8H2,1-3H3;. The van der Waals surface area contributed by atoms with Gasteiger partial charge in [-0.3, -0.25) is 19.2 Å². The molecular formula is C17H22N2O11S. The third-order valence-electron chi connectivity index (χ3n) is 4.52. The summed E-state index contributed by atoms with van der Waals surface area (Å²) >= 11 is 0. The molecule has 2 atom stereocenters. The lowest BCUT2D eigenvalue weighted by molar-refractivity contribution is -0.201. The van der Waals surface area contributed by atoms with Gasteiger partial charge >= 0.3 is 22.5 Å². The molecule has 0 saturated carbocycles. The highest BCUT2D eigenvalue weighted by Crippen LogP contribution is 2.24. The van der Waals surface area contributed by atoms with Gasteiger partial charge in [0.2, 0.25) is 0 Å². The first-order chi connectivity index (χ1) is 14.3. The van der Waals surface area contributed by atoms with Crippen LogP contribution in [0.25, 0.3) is 0 Å². The molecule has 2 heterocycles. The Morgan fingerprint density at radius 1 is 0.903 bits per heavy atom. The molecule has 0 aromatic carbocycles. The van der Waals surface area contributed by atoms with Crippen molar-refractivity contribution in [2.45, 2.75) is 52.9 Å². The normalized spacial score (nSPS) is 19.3. The highest BCUT2D eigenvalue weighted by molar-refractivity contribution is 7.59. The van der Waals surface area contributed by atoms with E-state index in [0.717, 1.165) is 0 Å². The SMILES string of the molecule is CC1CC(=O)N(OC(=O)CC(CC(=O)ON2C(=O)CCC2=O)C(C)C)C1=O.O=S(=O)=O. The van der Waals surface area contributed by atoms with E-state index in [4.69, 9.17) is 22.3 Å². The molecule has 2 saturated heterocycles. The summed E-state index contributed by atoms with van der Waals surface area (Å²) in [5.74, 6) is -5.22. The highest BCUT2D eigenvalue weighted by Gasteiger charge is 2.39. The van der Waals surface area contributed by atoms with Gasteiger partial charge in [0, 0.05) is 25.2 Å². The van der Waals surface area contributed by atoms with Crippen molar-refractivity contribution in [1.29, 1.82) is 0 Å². The quantitative estimate of drug-likeness (QED) is 0.445. The number of imide groups is 2. The molecule has 0 radical (unpaired) electrons. The number of hydrogen-bond acceptors (Lipinski definition) is 11. The lowest BCUT2D eigenvalue weighted by Crippen LogP contribution is -2.35. The first kappa shape index (κ1) is 25.9. The summed E-state index contributed by atoms with van der Waals surface area (Å²) in [6.45, 7) is 5.10. The molecule has 0 N–H and O–H groups in total. The summed E-state index contributed by atoms with van der Waals surface area (Å²) < 4.78 is 25.3. The monoisotopic (exact) mass is 462 g/mol. The smallest absolute Gasteiger partial charge is 0.330 e. The van der Waals surface area contributed by atoms with Gasteiger partial charge < -0.3 is 9.68 Å². The van der Waals surface area contributed by atoms with Crippen molar-refractivity contribution in [3.05, 3.63) is 0 Å². The predicted molar refractivity (Wildman–Crippen MR) is 96.2 cm³/mol. The van der Waals surface area contributed by atoms with Gasteiger partial charge in [0.05, 0.1) is 12.8 Å². The Morgan fingerprint density at radius 3 is 1.68 bits per heavy atom. The maximum absolute atomic E-state index is 12.1. The zero-order chi connectivity index (χ0) is 23.9. The molecule has 0 bridgehead atoms. The third kappa shape index (κ3) is 7.88. The number of amides is 4. The van der Waals surface area contributed by atoms with Crippen LogP contribution in [0.4, 0.5) is 0 Å². The van der Waals surface area contributed by atoms with Crippen LogP contribution in [0.5, 0.6) is 0 Å². The Bertz CT molecular complexity index is 858. The first-order valence-corrected chi connectivity index (χ1v) is 10.2. The van der Waals surface area contributed by atoms with Crippen molar-refractivity contribution in [1.82, 2.24) is 10.1 Å². The maximum Gasteiger partial charge on any atom is 0.425 e. The second-order valence-electron chi connectivity index (χ2n) is 7.26. The van der Waals surface area contributed by atoms with Crippen LogP contribution in [0.2, 0.25) is 0 Å². The zero-order valence-electron chi connectivity index (χ0n) is 17.1. The van der Waals surface area contributed by atoms with Crippen molar-refractivity contribution in [2.75, 3.05) is 0 Å². The molecule has 0 aliphatic carbocycles. The largest absolute Gasteiger partial charge is 0.425 e.